The molecule has 1 aromatic rings. The molecule has 1 aromatic carbocycles. The topological polar surface area (TPSA) is 132 Å². The highest BCUT2D eigenvalue weighted by molar-refractivity contribution is 8.14. The first kappa shape index (κ1) is 20.9. The second kappa shape index (κ2) is 9.14. The Morgan fingerprint density at radius 2 is 1.93 bits per heavy atom. The zero-order valence-corrected chi connectivity index (χ0v) is 16.9. The third-order valence-electron chi connectivity index (χ3n) is 5.51. The number of nitrogens with zero attached hydrogens (tertiary/aromatic N) is 2. The van der Waals surface area contributed by atoms with Gasteiger partial charge in [-0.25, -0.2) is 4.99 Å². The van der Waals surface area contributed by atoms with Gasteiger partial charge in [0.25, 0.3) is 0 Å². The normalized spacial score (nSPS) is 20.7. The highest BCUT2D eigenvalue weighted by Gasteiger charge is 2.51. The molecule has 1 saturated carbocycles. The minimum Gasteiger partial charge on any atom is -0.460 e. The molecule has 3 rings (SSSR count). The standard InChI is InChI=1S/C21H24N4O3S/c22-11-15-18(23)25-20(17(19(24)27)21(15)9-5-2-6-10-21)29-13-16(26)28-12-14-7-3-1-4-8-14/h1,3-4,7-8,17H,2,5-6,9-10,12-13,23H2,(H2,24,27)/t17-/m0/s1. The molecule has 7 nitrogen and oxygen atoms in total. The van der Waals surface area contributed by atoms with Crippen LogP contribution in [0.15, 0.2) is 46.7 Å². The summed E-state index contributed by atoms with van der Waals surface area (Å²) in [6, 6.07) is 11.5. The van der Waals surface area contributed by atoms with E-state index in [9.17, 15) is 14.9 Å². The van der Waals surface area contributed by atoms with Crippen LogP contribution in [0.5, 0.6) is 0 Å². The molecule has 29 heavy (non-hydrogen) atoms. The Kier molecular flexibility index (Phi) is 6.60. The number of ether oxygens (including phenoxy) is 1. The van der Waals surface area contributed by atoms with Gasteiger partial charge in [-0.3, -0.25) is 9.59 Å². The number of amides is 1. The Morgan fingerprint density at radius 1 is 1.24 bits per heavy atom. The number of carbonyl (C=O) groups excluding carboxylic acids is 2. The Balaban J connectivity index is 1.75. The van der Waals surface area contributed by atoms with Crippen LogP contribution < -0.4 is 11.5 Å². The zero-order valence-electron chi connectivity index (χ0n) is 16.1. The van der Waals surface area contributed by atoms with Crippen molar-refractivity contribution in [1.29, 1.82) is 5.26 Å². The summed E-state index contributed by atoms with van der Waals surface area (Å²) >= 11 is 1.11. The smallest absolute Gasteiger partial charge is 0.316 e. The van der Waals surface area contributed by atoms with Gasteiger partial charge in [0.2, 0.25) is 5.91 Å². The number of hydrogen-bond donors (Lipinski definition) is 2. The van der Waals surface area contributed by atoms with Crippen molar-refractivity contribution in [2.24, 2.45) is 27.8 Å². The molecule has 1 aliphatic heterocycles. The number of primary amides is 1. The number of nitrogens with two attached hydrogens (primary N) is 2. The van der Waals surface area contributed by atoms with E-state index in [1.165, 1.54) is 0 Å². The number of esters is 1. The van der Waals surface area contributed by atoms with Gasteiger partial charge in [0, 0.05) is 5.41 Å². The lowest BCUT2D eigenvalue weighted by atomic mass is 9.61. The van der Waals surface area contributed by atoms with E-state index in [4.69, 9.17) is 16.2 Å². The van der Waals surface area contributed by atoms with Gasteiger partial charge in [-0.1, -0.05) is 61.4 Å². The van der Waals surface area contributed by atoms with Crippen LogP contribution in [0.4, 0.5) is 0 Å². The van der Waals surface area contributed by atoms with Crippen molar-refractivity contribution in [3.8, 4) is 6.07 Å². The van der Waals surface area contributed by atoms with Gasteiger partial charge in [-0.15, -0.1) is 0 Å². The molecule has 1 fully saturated rings. The maximum absolute atomic E-state index is 12.4. The van der Waals surface area contributed by atoms with Crippen molar-refractivity contribution in [2.75, 3.05) is 5.75 Å². The molecule has 0 aromatic heterocycles. The highest BCUT2D eigenvalue weighted by Crippen LogP contribution is 2.52. The van der Waals surface area contributed by atoms with Crippen molar-refractivity contribution < 1.29 is 14.3 Å². The Bertz CT molecular complexity index is 883. The van der Waals surface area contributed by atoms with E-state index in [0.29, 0.717) is 23.5 Å². The third-order valence-corrected chi connectivity index (χ3v) is 6.51. The van der Waals surface area contributed by atoms with Crippen molar-refractivity contribution in [2.45, 2.75) is 38.7 Å². The SMILES string of the molecule is N#CC1=C(N)N=C(SCC(=O)OCc2ccccc2)[C@H](C(N)=O)C12CCCCC2. The predicted octanol–water partition coefficient (Wildman–Crippen LogP) is 2.62. The summed E-state index contributed by atoms with van der Waals surface area (Å²) in [5, 5.41) is 10.1. The van der Waals surface area contributed by atoms with Crippen LogP contribution in [-0.4, -0.2) is 22.7 Å². The van der Waals surface area contributed by atoms with E-state index in [1.807, 2.05) is 30.3 Å². The molecule has 1 atom stereocenters. The van der Waals surface area contributed by atoms with Crippen LogP contribution in [0.2, 0.25) is 0 Å². The number of nitriles is 1. The molecule has 8 heteroatoms. The van der Waals surface area contributed by atoms with Gasteiger partial charge in [-0.2, -0.15) is 5.26 Å². The molecule has 1 spiro atoms. The number of hydrogen-bond acceptors (Lipinski definition) is 7. The average molecular weight is 413 g/mol. The molecule has 4 N–H and O–H groups in total. The number of benzene rings is 1. The van der Waals surface area contributed by atoms with Crippen molar-refractivity contribution in [1.82, 2.24) is 0 Å². The second-order valence-electron chi connectivity index (χ2n) is 7.31. The Morgan fingerprint density at radius 3 is 2.55 bits per heavy atom. The van der Waals surface area contributed by atoms with Gasteiger partial charge < -0.3 is 16.2 Å². The zero-order chi connectivity index (χ0) is 20.9. The largest absolute Gasteiger partial charge is 0.460 e. The van der Waals surface area contributed by atoms with Gasteiger partial charge in [0.1, 0.15) is 12.4 Å². The van der Waals surface area contributed by atoms with Crippen LogP contribution in [0.25, 0.3) is 0 Å². The van der Waals surface area contributed by atoms with E-state index in [0.717, 1.165) is 36.6 Å². The first-order valence-electron chi connectivity index (χ1n) is 9.58. The Labute approximate surface area is 174 Å². The van der Waals surface area contributed by atoms with Gasteiger partial charge in [0.15, 0.2) is 0 Å². The van der Waals surface area contributed by atoms with E-state index >= 15 is 0 Å². The summed E-state index contributed by atoms with van der Waals surface area (Å²) in [5.41, 5.74) is 12.3. The van der Waals surface area contributed by atoms with E-state index in [-0.39, 0.29) is 18.2 Å². The fourth-order valence-corrected chi connectivity index (χ4v) is 5.21. The molecular weight excluding hydrogens is 388 g/mol. The molecule has 0 bridgehead atoms. The van der Waals surface area contributed by atoms with Crippen LogP contribution >= 0.6 is 11.8 Å². The molecular formula is C21H24N4O3S. The summed E-state index contributed by atoms with van der Waals surface area (Å²) in [7, 11) is 0. The number of allylic oxidation sites excluding steroid dienone is 1. The summed E-state index contributed by atoms with van der Waals surface area (Å²) < 4.78 is 5.29. The first-order valence-corrected chi connectivity index (χ1v) is 10.6. The minimum atomic E-state index is -0.753. The van der Waals surface area contributed by atoms with Gasteiger partial charge in [-0.05, 0) is 18.4 Å². The molecule has 1 heterocycles. The van der Waals surface area contributed by atoms with E-state index in [1.54, 1.807) is 0 Å². The summed E-state index contributed by atoms with van der Waals surface area (Å²) in [6.07, 6.45) is 4.13. The van der Waals surface area contributed by atoms with Gasteiger partial charge >= 0.3 is 5.97 Å². The number of carbonyl (C=O) groups is 2. The monoisotopic (exact) mass is 412 g/mol. The van der Waals surface area contributed by atoms with Crippen molar-refractivity contribution >= 4 is 28.7 Å². The molecule has 1 amide bonds. The number of rotatable bonds is 5. The fraction of sp³-hybridized carbons (Fsp3) is 0.429. The van der Waals surface area contributed by atoms with Crippen LogP contribution in [0.1, 0.15) is 37.7 Å². The molecule has 2 aliphatic rings. The Hall–Kier alpha value is -2.79. The van der Waals surface area contributed by atoms with E-state index in [2.05, 4.69) is 11.1 Å². The van der Waals surface area contributed by atoms with Crippen LogP contribution in [0, 0.1) is 22.7 Å². The maximum atomic E-state index is 12.4. The number of thioether (sulfide) groups is 1. The molecule has 0 radical (unpaired) electrons. The third kappa shape index (κ3) is 4.46. The lowest BCUT2D eigenvalue weighted by molar-refractivity contribution is -0.141. The molecule has 1 aliphatic carbocycles. The predicted molar refractivity (Wildman–Crippen MR) is 111 cm³/mol. The van der Waals surface area contributed by atoms with E-state index < -0.39 is 23.2 Å². The summed E-state index contributed by atoms with van der Waals surface area (Å²) in [6.45, 7) is 0.177. The minimum absolute atomic E-state index is 0.0132. The average Bonchev–Trinajstić information content (AvgIpc) is 2.71. The van der Waals surface area contributed by atoms with Crippen LogP contribution in [-0.2, 0) is 20.9 Å². The quantitative estimate of drug-likeness (QED) is 0.715. The summed E-state index contributed by atoms with van der Waals surface area (Å²) in [4.78, 5) is 28.9. The molecule has 0 unspecified atom stereocenters. The van der Waals surface area contributed by atoms with Gasteiger partial charge in [0.05, 0.1) is 28.4 Å². The lowest BCUT2D eigenvalue weighted by Crippen LogP contribution is -2.48. The summed E-state index contributed by atoms with van der Waals surface area (Å²) in [5.74, 6) is -1.61. The van der Waals surface area contributed by atoms with Crippen molar-refractivity contribution in [3.05, 3.63) is 47.3 Å². The number of aliphatic imine (C=N–C) groups is 1. The molecule has 152 valence electrons. The highest BCUT2D eigenvalue weighted by atomic mass is 32.2. The van der Waals surface area contributed by atoms with Crippen LogP contribution in [0.3, 0.4) is 0 Å². The lowest BCUT2D eigenvalue weighted by Gasteiger charge is -2.44. The first-order chi connectivity index (χ1) is 14.0. The fourth-order valence-electron chi connectivity index (χ4n) is 4.19. The second-order valence-corrected chi connectivity index (χ2v) is 8.30. The molecule has 0 saturated heterocycles. The maximum Gasteiger partial charge on any atom is 0.316 e. The van der Waals surface area contributed by atoms with Crippen molar-refractivity contribution in [3.63, 3.8) is 0 Å².